The Balaban J connectivity index is 2.05. The zero-order chi connectivity index (χ0) is 14.4. The minimum atomic E-state index is 0.531. The highest BCUT2D eigenvalue weighted by Crippen LogP contribution is 2.28. The van der Waals surface area contributed by atoms with Crippen LogP contribution in [0.25, 0.3) is 0 Å². The predicted molar refractivity (Wildman–Crippen MR) is 85.4 cm³/mol. The molecule has 1 aromatic carbocycles. The largest absolute Gasteiger partial charge is 0.385 e. The molecule has 0 spiro atoms. The van der Waals surface area contributed by atoms with Crippen molar-refractivity contribution in [2.45, 2.75) is 45.7 Å². The van der Waals surface area contributed by atoms with Crippen molar-refractivity contribution in [3.63, 3.8) is 0 Å². The molecule has 1 aromatic rings. The molecule has 0 atom stereocenters. The van der Waals surface area contributed by atoms with E-state index in [0.717, 1.165) is 26.1 Å². The first-order chi connectivity index (χ1) is 9.70. The second-order valence-electron chi connectivity index (χ2n) is 5.94. The summed E-state index contributed by atoms with van der Waals surface area (Å²) in [5, 5.41) is 3.50. The van der Waals surface area contributed by atoms with Crippen molar-refractivity contribution in [2.24, 2.45) is 0 Å². The van der Waals surface area contributed by atoms with Gasteiger partial charge in [0.2, 0.25) is 0 Å². The van der Waals surface area contributed by atoms with Gasteiger partial charge in [-0.15, -0.1) is 0 Å². The maximum Gasteiger partial charge on any atom is 0.0479 e. The highest BCUT2D eigenvalue weighted by molar-refractivity contribution is 5.57. The van der Waals surface area contributed by atoms with Crippen molar-refractivity contribution in [1.82, 2.24) is 5.32 Å². The fraction of sp³-hybridized carbons (Fsp3) is 0.647. The minimum absolute atomic E-state index is 0.531. The Kier molecular flexibility index (Phi) is 5.86. The third-order valence-electron chi connectivity index (χ3n) is 3.86. The van der Waals surface area contributed by atoms with Gasteiger partial charge in [-0.05, 0) is 36.5 Å². The summed E-state index contributed by atoms with van der Waals surface area (Å²) in [6, 6.07) is 7.49. The molecule has 1 N–H and O–H groups in total. The summed E-state index contributed by atoms with van der Waals surface area (Å²) >= 11 is 0. The molecule has 3 heteroatoms. The number of benzene rings is 1. The Hall–Kier alpha value is -1.06. The molecule has 0 bridgehead atoms. The number of rotatable bonds is 7. The number of fused-ring (bicyclic) bond motifs is 1. The number of hydrogen-bond donors (Lipinski definition) is 1. The molecule has 0 saturated carbocycles. The second-order valence-corrected chi connectivity index (χ2v) is 5.94. The number of nitrogens with zero attached hydrogens (tertiary/aromatic N) is 1. The first-order valence-electron chi connectivity index (χ1n) is 7.80. The third-order valence-corrected chi connectivity index (χ3v) is 3.86. The van der Waals surface area contributed by atoms with Gasteiger partial charge in [0.25, 0.3) is 0 Å². The molecule has 2 rings (SSSR count). The van der Waals surface area contributed by atoms with E-state index in [1.807, 2.05) is 0 Å². The normalized spacial score (nSPS) is 14.7. The van der Waals surface area contributed by atoms with Gasteiger partial charge in [0.05, 0.1) is 0 Å². The number of aryl methyl sites for hydroxylation is 1. The smallest absolute Gasteiger partial charge is 0.0479 e. The lowest BCUT2D eigenvalue weighted by atomic mass is 9.99. The number of ether oxygens (including phenoxy) is 1. The van der Waals surface area contributed by atoms with Crippen LogP contribution >= 0.6 is 0 Å². The third kappa shape index (κ3) is 4.22. The molecule has 0 saturated heterocycles. The van der Waals surface area contributed by atoms with Crippen molar-refractivity contribution < 1.29 is 4.74 Å². The second kappa shape index (κ2) is 7.65. The quantitative estimate of drug-likeness (QED) is 0.775. The van der Waals surface area contributed by atoms with Gasteiger partial charge in [0.1, 0.15) is 0 Å². The van der Waals surface area contributed by atoms with Crippen molar-refractivity contribution >= 4 is 5.69 Å². The van der Waals surface area contributed by atoms with E-state index in [2.05, 4.69) is 42.3 Å². The van der Waals surface area contributed by atoms with Gasteiger partial charge in [-0.2, -0.15) is 0 Å². The van der Waals surface area contributed by atoms with Gasteiger partial charge in [-0.1, -0.05) is 26.0 Å². The maximum absolute atomic E-state index is 5.17. The van der Waals surface area contributed by atoms with E-state index in [-0.39, 0.29) is 0 Å². The molecule has 0 radical (unpaired) electrons. The van der Waals surface area contributed by atoms with Crippen LogP contribution < -0.4 is 10.2 Å². The van der Waals surface area contributed by atoms with E-state index < -0.39 is 0 Å². The fourth-order valence-corrected chi connectivity index (χ4v) is 2.76. The Morgan fingerprint density at radius 2 is 2.20 bits per heavy atom. The Morgan fingerprint density at radius 3 is 2.95 bits per heavy atom. The number of nitrogens with one attached hydrogen (secondary N) is 1. The van der Waals surface area contributed by atoms with Gasteiger partial charge < -0.3 is 15.0 Å². The Labute approximate surface area is 123 Å². The van der Waals surface area contributed by atoms with Gasteiger partial charge in [0, 0.05) is 45.1 Å². The van der Waals surface area contributed by atoms with Crippen molar-refractivity contribution in [3.05, 3.63) is 29.3 Å². The number of methoxy groups -OCH3 is 1. The molecule has 1 aliphatic rings. The zero-order valence-corrected chi connectivity index (χ0v) is 13.1. The Morgan fingerprint density at radius 1 is 1.35 bits per heavy atom. The molecular formula is C17H28N2O. The van der Waals surface area contributed by atoms with Crippen LogP contribution in [-0.4, -0.2) is 32.8 Å². The summed E-state index contributed by atoms with van der Waals surface area (Å²) in [5.41, 5.74) is 4.33. The SMILES string of the molecule is COCCCN1CCCc2ccc(CNC(C)C)cc21. The first-order valence-corrected chi connectivity index (χ1v) is 7.80. The molecule has 20 heavy (non-hydrogen) atoms. The van der Waals surface area contributed by atoms with Crippen LogP contribution in [-0.2, 0) is 17.7 Å². The molecule has 0 unspecified atom stereocenters. The lowest BCUT2D eigenvalue weighted by molar-refractivity contribution is 0.196. The van der Waals surface area contributed by atoms with Crippen LogP contribution in [0.4, 0.5) is 5.69 Å². The zero-order valence-electron chi connectivity index (χ0n) is 13.1. The minimum Gasteiger partial charge on any atom is -0.385 e. The molecule has 112 valence electrons. The van der Waals surface area contributed by atoms with Crippen LogP contribution in [0.3, 0.4) is 0 Å². The lowest BCUT2D eigenvalue weighted by Gasteiger charge is -2.32. The van der Waals surface area contributed by atoms with Gasteiger partial charge in [-0.25, -0.2) is 0 Å². The predicted octanol–water partition coefficient (Wildman–Crippen LogP) is 2.97. The van der Waals surface area contributed by atoms with E-state index in [0.29, 0.717) is 6.04 Å². The van der Waals surface area contributed by atoms with Gasteiger partial charge in [-0.3, -0.25) is 0 Å². The average Bonchev–Trinajstić information content (AvgIpc) is 2.45. The van der Waals surface area contributed by atoms with E-state index in [1.54, 1.807) is 7.11 Å². The standard InChI is InChI=1S/C17H28N2O/c1-14(2)18-13-15-7-8-16-6-4-9-19(17(16)12-15)10-5-11-20-3/h7-8,12,14,18H,4-6,9-11,13H2,1-3H3. The summed E-state index contributed by atoms with van der Waals surface area (Å²) in [5.74, 6) is 0. The fourth-order valence-electron chi connectivity index (χ4n) is 2.76. The summed E-state index contributed by atoms with van der Waals surface area (Å²) in [4.78, 5) is 2.52. The van der Waals surface area contributed by atoms with Crippen LogP contribution in [0.5, 0.6) is 0 Å². The monoisotopic (exact) mass is 276 g/mol. The number of hydrogen-bond acceptors (Lipinski definition) is 3. The molecule has 0 fully saturated rings. The van der Waals surface area contributed by atoms with Crippen LogP contribution in [0.15, 0.2) is 18.2 Å². The van der Waals surface area contributed by atoms with Crippen molar-refractivity contribution in [2.75, 3.05) is 31.7 Å². The topological polar surface area (TPSA) is 24.5 Å². The molecule has 0 aliphatic carbocycles. The highest BCUT2D eigenvalue weighted by Gasteiger charge is 2.16. The van der Waals surface area contributed by atoms with E-state index >= 15 is 0 Å². The van der Waals surface area contributed by atoms with Crippen LogP contribution in [0.1, 0.15) is 37.8 Å². The summed E-state index contributed by atoms with van der Waals surface area (Å²) in [6.45, 7) is 8.46. The first kappa shape index (κ1) is 15.3. The molecule has 1 aliphatic heterocycles. The highest BCUT2D eigenvalue weighted by atomic mass is 16.5. The summed E-state index contributed by atoms with van der Waals surface area (Å²) in [7, 11) is 1.78. The van der Waals surface area contributed by atoms with Crippen molar-refractivity contribution in [1.29, 1.82) is 0 Å². The van der Waals surface area contributed by atoms with E-state index in [9.17, 15) is 0 Å². The van der Waals surface area contributed by atoms with E-state index in [1.165, 1.54) is 36.2 Å². The van der Waals surface area contributed by atoms with E-state index in [4.69, 9.17) is 4.74 Å². The van der Waals surface area contributed by atoms with Crippen LogP contribution in [0.2, 0.25) is 0 Å². The van der Waals surface area contributed by atoms with Crippen LogP contribution in [0, 0.1) is 0 Å². The average molecular weight is 276 g/mol. The number of anilines is 1. The molecular weight excluding hydrogens is 248 g/mol. The maximum atomic E-state index is 5.17. The molecule has 0 amide bonds. The van der Waals surface area contributed by atoms with Gasteiger partial charge >= 0.3 is 0 Å². The Bertz CT molecular complexity index is 417. The van der Waals surface area contributed by atoms with Gasteiger partial charge in [0.15, 0.2) is 0 Å². The summed E-state index contributed by atoms with van der Waals surface area (Å²) < 4.78 is 5.17. The molecule has 0 aromatic heterocycles. The van der Waals surface area contributed by atoms with Crippen molar-refractivity contribution in [3.8, 4) is 0 Å². The lowest BCUT2D eigenvalue weighted by Crippen LogP contribution is -2.31. The molecule has 1 heterocycles. The molecule has 3 nitrogen and oxygen atoms in total. The summed E-state index contributed by atoms with van der Waals surface area (Å²) in [6.07, 6.45) is 3.59.